The van der Waals surface area contributed by atoms with Gasteiger partial charge in [-0.1, -0.05) is 17.7 Å². The second-order valence-corrected chi connectivity index (χ2v) is 3.16. The van der Waals surface area contributed by atoms with Gasteiger partial charge in [0.1, 0.15) is 24.3 Å². The lowest BCUT2D eigenvalue weighted by molar-refractivity contribution is 0.301. The van der Waals surface area contributed by atoms with Crippen molar-refractivity contribution in [3.05, 3.63) is 47.6 Å². The van der Waals surface area contributed by atoms with Gasteiger partial charge in [-0.25, -0.2) is 4.98 Å². The van der Waals surface area contributed by atoms with Crippen LogP contribution in [-0.4, -0.2) is 4.98 Å². The van der Waals surface area contributed by atoms with Crippen LogP contribution in [0.15, 0.2) is 41.3 Å². The standard InChI is InChI=1S/C10H8ClNO2/c11-8-2-1-3-10(4-8)14-6-9-5-13-7-12-9/h1-5,7H,6H2. The van der Waals surface area contributed by atoms with Gasteiger partial charge in [-0.3, -0.25) is 0 Å². The lowest BCUT2D eigenvalue weighted by Crippen LogP contribution is -1.94. The number of nitrogens with zero attached hydrogens (tertiary/aromatic N) is 1. The number of rotatable bonds is 3. The van der Waals surface area contributed by atoms with E-state index in [-0.39, 0.29) is 0 Å². The highest BCUT2D eigenvalue weighted by Crippen LogP contribution is 2.17. The fraction of sp³-hybridized carbons (Fsp3) is 0.100. The molecule has 0 radical (unpaired) electrons. The molecule has 2 aromatic rings. The molecule has 4 heteroatoms. The first-order chi connectivity index (χ1) is 6.84. The van der Waals surface area contributed by atoms with Crippen molar-refractivity contribution in [3.8, 4) is 5.75 Å². The number of benzene rings is 1. The van der Waals surface area contributed by atoms with E-state index in [9.17, 15) is 0 Å². The quantitative estimate of drug-likeness (QED) is 0.780. The van der Waals surface area contributed by atoms with Crippen molar-refractivity contribution in [3.63, 3.8) is 0 Å². The van der Waals surface area contributed by atoms with Crippen molar-refractivity contribution in [2.24, 2.45) is 0 Å². The smallest absolute Gasteiger partial charge is 0.180 e. The van der Waals surface area contributed by atoms with Crippen molar-refractivity contribution in [1.29, 1.82) is 0 Å². The van der Waals surface area contributed by atoms with E-state index in [1.807, 2.05) is 12.1 Å². The predicted molar refractivity (Wildman–Crippen MR) is 52.3 cm³/mol. The first-order valence-corrected chi connectivity index (χ1v) is 4.48. The maximum Gasteiger partial charge on any atom is 0.180 e. The van der Waals surface area contributed by atoms with Crippen LogP contribution in [0.2, 0.25) is 5.02 Å². The fourth-order valence-electron chi connectivity index (χ4n) is 1.02. The van der Waals surface area contributed by atoms with Gasteiger partial charge in [0.25, 0.3) is 0 Å². The summed E-state index contributed by atoms with van der Waals surface area (Å²) < 4.78 is 10.2. The van der Waals surface area contributed by atoms with E-state index in [2.05, 4.69) is 4.98 Å². The molecule has 0 saturated carbocycles. The second-order valence-electron chi connectivity index (χ2n) is 2.73. The van der Waals surface area contributed by atoms with E-state index in [1.165, 1.54) is 6.39 Å². The van der Waals surface area contributed by atoms with E-state index >= 15 is 0 Å². The summed E-state index contributed by atoms with van der Waals surface area (Å²) in [6.45, 7) is 0.386. The minimum Gasteiger partial charge on any atom is -0.487 e. The van der Waals surface area contributed by atoms with E-state index < -0.39 is 0 Å². The second kappa shape index (κ2) is 4.15. The number of hydrogen-bond acceptors (Lipinski definition) is 3. The molecule has 1 aromatic heterocycles. The van der Waals surface area contributed by atoms with Gasteiger partial charge in [-0.05, 0) is 18.2 Å². The van der Waals surface area contributed by atoms with Gasteiger partial charge < -0.3 is 9.15 Å². The highest BCUT2D eigenvalue weighted by atomic mass is 35.5. The maximum absolute atomic E-state index is 5.79. The first kappa shape index (κ1) is 9.09. The van der Waals surface area contributed by atoms with Crippen LogP contribution in [-0.2, 0) is 6.61 Å². The lowest BCUT2D eigenvalue weighted by atomic mass is 10.3. The molecule has 72 valence electrons. The number of hydrogen-bond donors (Lipinski definition) is 0. The Hall–Kier alpha value is -1.48. The average Bonchev–Trinajstić information content (AvgIpc) is 2.67. The van der Waals surface area contributed by atoms with E-state index in [1.54, 1.807) is 18.4 Å². The number of oxazole rings is 1. The van der Waals surface area contributed by atoms with Gasteiger partial charge in [-0.15, -0.1) is 0 Å². The first-order valence-electron chi connectivity index (χ1n) is 4.10. The zero-order chi connectivity index (χ0) is 9.80. The fourth-order valence-corrected chi connectivity index (χ4v) is 1.20. The summed E-state index contributed by atoms with van der Waals surface area (Å²) in [4.78, 5) is 3.93. The van der Waals surface area contributed by atoms with Gasteiger partial charge in [0.05, 0.1) is 0 Å². The minimum atomic E-state index is 0.386. The molecule has 0 atom stereocenters. The molecule has 3 nitrogen and oxygen atoms in total. The zero-order valence-corrected chi connectivity index (χ0v) is 8.07. The molecule has 0 bridgehead atoms. The van der Waals surface area contributed by atoms with Crippen molar-refractivity contribution < 1.29 is 9.15 Å². The molecule has 2 rings (SSSR count). The Kier molecular flexibility index (Phi) is 2.70. The van der Waals surface area contributed by atoms with Gasteiger partial charge in [-0.2, -0.15) is 0 Å². The third-order valence-electron chi connectivity index (χ3n) is 1.67. The molecule has 1 aromatic carbocycles. The molecule has 14 heavy (non-hydrogen) atoms. The molecule has 0 saturated heterocycles. The van der Waals surface area contributed by atoms with Crippen LogP contribution in [0.5, 0.6) is 5.75 Å². The van der Waals surface area contributed by atoms with Crippen molar-refractivity contribution in [2.75, 3.05) is 0 Å². The van der Waals surface area contributed by atoms with Gasteiger partial charge >= 0.3 is 0 Å². The molecular weight excluding hydrogens is 202 g/mol. The Morgan fingerprint density at radius 1 is 1.43 bits per heavy atom. The van der Waals surface area contributed by atoms with Crippen molar-refractivity contribution >= 4 is 11.6 Å². The Morgan fingerprint density at radius 3 is 3.07 bits per heavy atom. The monoisotopic (exact) mass is 209 g/mol. The Morgan fingerprint density at radius 2 is 2.36 bits per heavy atom. The summed E-state index contributed by atoms with van der Waals surface area (Å²) in [7, 11) is 0. The van der Waals surface area contributed by atoms with E-state index in [4.69, 9.17) is 20.8 Å². The topological polar surface area (TPSA) is 35.3 Å². The largest absolute Gasteiger partial charge is 0.487 e. The summed E-state index contributed by atoms with van der Waals surface area (Å²) in [5.41, 5.74) is 0.755. The summed E-state index contributed by atoms with van der Waals surface area (Å²) in [6.07, 6.45) is 2.92. The molecule has 0 fully saturated rings. The third kappa shape index (κ3) is 2.26. The summed E-state index contributed by atoms with van der Waals surface area (Å²) >= 11 is 5.79. The molecule has 0 spiro atoms. The van der Waals surface area contributed by atoms with Gasteiger partial charge in [0.2, 0.25) is 0 Å². The minimum absolute atomic E-state index is 0.386. The predicted octanol–water partition coefficient (Wildman–Crippen LogP) is 2.91. The molecule has 0 aliphatic rings. The molecule has 0 amide bonds. The molecule has 0 unspecified atom stereocenters. The van der Waals surface area contributed by atoms with Gasteiger partial charge in [0.15, 0.2) is 6.39 Å². The zero-order valence-electron chi connectivity index (χ0n) is 7.31. The normalized spacial score (nSPS) is 10.1. The highest BCUT2D eigenvalue weighted by Gasteiger charge is 1.98. The summed E-state index contributed by atoms with van der Waals surface area (Å²) in [5.74, 6) is 0.723. The van der Waals surface area contributed by atoms with Crippen molar-refractivity contribution in [1.82, 2.24) is 4.98 Å². The van der Waals surface area contributed by atoms with Crippen LogP contribution in [0.3, 0.4) is 0 Å². The van der Waals surface area contributed by atoms with Crippen LogP contribution in [0.4, 0.5) is 0 Å². The summed E-state index contributed by atoms with van der Waals surface area (Å²) in [6, 6.07) is 7.22. The Labute approximate surface area is 86.3 Å². The summed E-state index contributed by atoms with van der Waals surface area (Å²) in [5, 5.41) is 0.655. The molecule has 0 N–H and O–H groups in total. The molecular formula is C10H8ClNO2. The molecule has 1 heterocycles. The lowest BCUT2D eigenvalue weighted by Gasteiger charge is -2.03. The Bertz CT molecular complexity index is 400. The molecule has 0 aliphatic carbocycles. The van der Waals surface area contributed by atoms with Crippen LogP contribution in [0.25, 0.3) is 0 Å². The highest BCUT2D eigenvalue weighted by molar-refractivity contribution is 6.30. The SMILES string of the molecule is Clc1cccc(OCc2cocn2)c1. The Balaban J connectivity index is 1.98. The number of aromatic nitrogens is 1. The maximum atomic E-state index is 5.79. The van der Waals surface area contributed by atoms with Crippen molar-refractivity contribution in [2.45, 2.75) is 6.61 Å². The average molecular weight is 210 g/mol. The van der Waals surface area contributed by atoms with Crippen LogP contribution in [0, 0.1) is 0 Å². The number of halogens is 1. The van der Waals surface area contributed by atoms with Crippen LogP contribution in [0.1, 0.15) is 5.69 Å². The van der Waals surface area contributed by atoms with E-state index in [0.29, 0.717) is 11.6 Å². The third-order valence-corrected chi connectivity index (χ3v) is 1.90. The van der Waals surface area contributed by atoms with Crippen LogP contribution < -0.4 is 4.74 Å². The van der Waals surface area contributed by atoms with E-state index in [0.717, 1.165) is 11.4 Å². The molecule has 0 aliphatic heterocycles. The van der Waals surface area contributed by atoms with Gasteiger partial charge in [0, 0.05) is 5.02 Å². The van der Waals surface area contributed by atoms with Crippen LogP contribution >= 0.6 is 11.6 Å². The number of ether oxygens (including phenoxy) is 1.